The Morgan fingerprint density at radius 1 is 0.973 bits per heavy atom. The maximum Gasteiger partial charge on any atom is 0.269 e. The number of amides is 3. The van der Waals surface area contributed by atoms with Crippen molar-refractivity contribution in [2.45, 2.75) is 19.4 Å². The fourth-order valence-electron chi connectivity index (χ4n) is 3.85. The number of carbonyl (C=O) groups excluding carboxylic acids is 3. The minimum Gasteiger partial charge on any atom is -0.497 e. The monoisotopic (exact) mass is 518 g/mol. The van der Waals surface area contributed by atoms with Gasteiger partial charge in [0.05, 0.1) is 25.8 Å². The molecule has 3 aromatic carbocycles. The van der Waals surface area contributed by atoms with Gasteiger partial charge in [0.15, 0.2) is 0 Å². The van der Waals surface area contributed by atoms with E-state index in [0.717, 1.165) is 0 Å². The summed E-state index contributed by atoms with van der Waals surface area (Å²) in [6, 6.07) is 21.2. The zero-order chi connectivity index (χ0) is 26.4. The molecule has 1 aliphatic heterocycles. The van der Waals surface area contributed by atoms with Gasteiger partial charge in [0.25, 0.3) is 11.8 Å². The van der Waals surface area contributed by atoms with Gasteiger partial charge in [-0.2, -0.15) is 0 Å². The number of benzene rings is 3. The minimum absolute atomic E-state index is 0.0515. The zero-order valence-electron chi connectivity index (χ0n) is 20.3. The number of thiocarbonyl (C=S) groups is 1. The lowest BCUT2D eigenvalue weighted by Crippen LogP contribution is -2.49. The van der Waals surface area contributed by atoms with Crippen molar-refractivity contribution < 1.29 is 23.9 Å². The number of anilines is 2. The molecule has 4 rings (SSSR count). The highest BCUT2D eigenvalue weighted by Gasteiger charge is 2.45. The Balaban J connectivity index is 1.58. The Kier molecular flexibility index (Phi) is 7.99. The molecule has 0 bridgehead atoms. The molecular formula is C27H26N4O5S. The van der Waals surface area contributed by atoms with Crippen LogP contribution < -0.4 is 25.1 Å². The van der Waals surface area contributed by atoms with E-state index in [1.165, 1.54) is 9.91 Å². The zero-order valence-corrected chi connectivity index (χ0v) is 21.2. The van der Waals surface area contributed by atoms with E-state index in [-0.39, 0.29) is 11.5 Å². The van der Waals surface area contributed by atoms with Crippen molar-refractivity contribution in [2.24, 2.45) is 0 Å². The third kappa shape index (κ3) is 5.87. The molecule has 2 N–H and O–H groups in total. The van der Waals surface area contributed by atoms with Crippen molar-refractivity contribution >= 4 is 46.4 Å². The summed E-state index contributed by atoms with van der Waals surface area (Å²) in [5.41, 5.74) is 4.11. The summed E-state index contributed by atoms with van der Waals surface area (Å²) in [6.45, 7) is 2.36. The number of rotatable bonds is 9. The first kappa shape index (κ1) is 25.6. The fraction of sp³-hybridized carbons (Fsp3) is 0.185. The molecule has 37 heavy (non-hydrogen) atoms. The van der Waals surface area contributed by atoms with Gasteiger partial charge in [-0.1, -0.05) is 24.3 Å². The van der Waals surface area contributed by atoms with Gasteiger partial charge in [0.2, 0.25) is 11.0 Å². The topological polar surface area (TPSA) is 100 Å². The van der Waals surface area contributed by atoms with Crippen LogP contribution in [-0.4, -0.2) is 47.6 Å². The summed E-state index contributed by atoms with van der Waals surface area (Å²) in [6.07, 6.45) is -0.250. The number of hydrazine groups is 1. The molecule has 0 radical (unpaired) electrons. The van der Waals surface area contributed by atoms with Gasteiger partial charge in [-0.3, -0.25) is 24.7 Å². The number of carbonyl (C=O) groups is 3. The second kappa shape index (κ2) is 11.5. The number of methoxy groups -OCH3 is 1. The predicted molar refractivity (Wildman–Crippen MR) is 143 cm³/mol. The van der Waals surface area contributed by atoms with Crippen LogP contribution in [0.4, 0.5) is 11.4 Å². The molecule has 3 amide bonds. The van der Waals surface area contributed by atoms with Crippen molar-refractivity contribution in [3.05, 3.63) is 84.4 Å². The van der Waals surface area contributed by atoms with E-state index in [1.54, 1.807) is 86.0 Å². The molecule has 1 fully saturated rings. The lowest BCUT2D eigenvalue weighted by atomic mass is 10.1. The lowest BCUT2D eigenvalue weighted by molar-refractivity contribution is -0.124. The average molecular weight is 519 g/mol. The highest BCUT2D eigenvalue weighted by Crippen LogP contribution is 2.28. The Morgan fingerprint density at radius 2 is 1.70 bits per heavy atom. The van der Waals surface area contributed by atoms with Crippen LogP contribution in [0.1, 0.15) is 23.7 Å². The summed E-state index contributed by atoms with van der Waals surface area (Å²) < 4.78 is 10.7. The number of ether oxygens (including phenoxy) is 2. The van der Waals surface area contributed by atoms with Gasteiger partial charge in [-0.05, 0) is 67.7 Å². The van der Waals surface area contributed by atoms with Gasteiger partial charge in [0, 0.05) is 17.3 Å². The molecule has 0 aromatic heterocycles. The van der Waals surface area contributed by atoms with Gasteiger partial charge in [-0.15, -0.1) is 0 Å². The van der Waals surface area contributed by atoms with Crippen LogP contribution in [0.2, 0.25) is 0 Å². The van der Waals surface area contributed by atoms with Gasteiger partial charge >= 0.3 is 0 Å². The summed E-state index contributed by atoms with van der Waals surface area (Å²) in [4.78, 5) is 40.8. The van der Waals surface area contributed by atoms with Crippen LogP contribution in [-0.2, 0) is 9.59 Å². The quantitative estimate of drug-likeness (QED) is 0.416. The summed E-state index contributed by atoms with van der Waals surface area (Å²) in [5.74, 6) is -0.101. The molecule has 0 aliphatic carbocycles. The SMILES string of the molecule is CCOc1cccc(NC(=O)CC2C(=O)N(c3ccc(OC)cc3)C(=S)N2NC(=O)c2ccccc2)c1. The van der Waals surface area contributed by atoms with Crippen molar-refractivity contribution in [1.29, 1.82) is 0 Å². The van der Waals surface area contributed by atoms with Crippen molar-refractivity contribution in [2.75, 3.05) is 23.9 Å². The standard InChI is InChI=1S/C27H26N4O5S/c1-3-36-22-11-7-10-19(16-22)28-24(32)17-23-26(34)30(20-12-14-21(35-2)15-13-20)27(37)31(23)29-25(33)18-8-5-4-6-9-18/h4-16,23H,3,17H2,1-2H3,(H,28,32)(H,29,33). The highest BCUT2D eigenvalue weighted by molar-refractivity contribution is 7.80. The van der Waals surface area contributed by atoms with Crippen molar-refractivity contribution in [3.63, 3.8) is 0 Å². The van der Waals surface area contributed by atoms with E-state index in [9.17, 15) is 14.4 Å². The molecule has 3 aromatic rings. The van der Waals surface area contributed by atoms with E-state index in [4.69, 9.17) is 21.7 Å². The van der Waals surface area contributed by atoms with Crippen LogP contribution in [0, 0.1) is 0 Å². The minimum atomic E-state index is -1.06. The largest absolute Gasteiger partial charge is 0.497 e. The predicted octanol–water partition coefficient (Wildman–Crippen LogP) is 3.77. The molecule has 10 heteroatoms. The Hall–Kier alpha value is -4.44. The van der Waals surface area contributed by atoms with Crippen LogP contribution >= 0.6 is 12.2 Å². The van der Waals surface area contributed by atoms with E-state index in [0.29, 0.717) is 35.0 Å². The molecule has 1 heterocycles. The Labute approximate surface area is 219 Å². The first-order valence-electron chi connectivity index (χ1n) is 11.6. The molecule has 190 valence electrons. The fourth-order valence-corrected chi connectivity index (χ4v) is 4.22. The summed E-state index contributed by atoms with van der Waals surface area (Å²) in [5, 5.41) is 4.11. The molecule has 0 spiro atoms. The molecule has 1 atom stereocenters. The number of nitrogens with zero attached hydrogens (tertiary/aromatic N) is 2. The maximum absolute atomic E-state index is 13.5. The smallest absolute Gasteiger partial charge is 0.269 e. The van der Waals surface area contributed by atoms with E-state index in [2.05, 4.69) is 10.7 Å². The first-order valence-corrected chi connectivity index (χ1v) is 12.0. The van der Waals surface area contributed by atoms with Crippen molar-refractivity contribution in [1.82, 2.24) is 10.4 Å². The number of nitrogens with one attached hydrogen (secondary N) is 2. The third-order valence-corrected chi connectivity index (χ3v) is 5.99. The van der Waals surface area contributed by atoms with Crippen LogP contribution in [0.5, 0.6) is 11.5 Å². The molecular weight excluding hydrogens is 492 g/mol. The Bertz CT molecular complexity index is 1300. The van der Waals surface area contributed by atoms with Crippen LogP contribution in [0.25, 0.3) is 0 Å². The summed E-state index contributed by atoms with van der Waals surface area (Å²) >= 11 is 5.59. The van der Waals surface area contributed by atoms with Gasteiger partial charge in [0.1, 0.15) is 17.5 Å². The first-order chi connectivity index (χ1) is 17.9. The van der Waals surface area contributed by atoms with E-state index in [1.807, 2.05) is 6.92 Å². The van der Waals surface area contributed by atoms with Crippen LogP contribution in [0.15, 0.2) is 78.9 Å². The molecule has 1 saturated heterocycles. The van der Waals surface area contributed by atoms with E-state index < -0.39 is 23.8 Å². The number of hydrogen-bond acceptors (Lipinski definition) is 6. The van der Waals surface area contributed by atoms with Gasteiger partial charge < -0.3 is 14.8 Å². The van der Waals surface area contributed by atoms with E-state index >= 15 is 0 Å². The highest BCUT2D eigenvalue weighted by atomic mass is 32.1. The van der Waals surface area contributed by atoms with Crippen LogP contribution in [0.3, 0.4) is 0 Å². The third-order valence-electron chi connectivity index (χ3n) is 5.61. The molecule has 0 saturated carbocycles. The average Bonchev–Trinajstić information content (AvgIpc) is 3.13. The molecule has 1 unspecified atom stereocenters. The maximum atomic E-state index is 13.5. The second-order valence-corrected chi connectivity index (χ2v) is 8.43. The van der Waals surface area contributed by atoms with Gasteiger partial charge in [-0.25, -0.2) is 5.01 Å². The second-order valence-electron chi connectivity index (χ2n) is 8.06. The summed E-state index contributed by atoms with van der Waals surface area (Å²) in [7, 11) is 1.54. The normalized spacial score (nSPS) is 14.9. The lowest BCUT2D eigenvalue weighted by Gasteiger charge is -2.24. The van der Waals surface area contributed by atoms with Crippen molar-refractivity contribution in [3.8, 4) is 11.5 Å². The molecule has 9 nitrogen and oxygen atoms in total. The molecule has 1 aliphatic rings. The number of hydrogen-bond donors (Lipinski definition) is 2. The Morgan fingerprint density at radius 3 is 2.38 bits per heavy atom.